The van der Waals surface area contributed by atoms with Crippen molar-refractivity contribution in [2.45, 2.75) is 151 Å². The van der Waals surface area contributed by atoms with E-state index in [4.69, 9.17) is 42.6 Å². The number of aliphatic hydroxyl groups is 8. The number of hydrogen-bond donors (Lipinski definition) is 8. The summed E-state index contributed by atoms with van der Waals surface area (Å²) in [7, 11) is 2.60. The average molecular weight is 631 g/mol. The molecule has 8 N–H and O–H groups in total. The molecule has 4 rings (SSSR count). The van der Waals surface area contributed by atoms with E-state index in [1.54, 1.807) is 13.8 Å². The summed E-state index contributed by atoms with van der Waals surface area (Å²) in [5, 5.41) is 84.8. The Morgan fingerprint density at radius 1 is 0.372 bits per heavy atom. The number of hydrogen-bond acceptors (Lipinski definition) is 17. The fourth-order valence-electron chi connectivity index (χ4n) is 5.84. The third kappa shape index (κ3) is 7.03. The summed E-state index contributed by atoms with van der Waals surface area (Å²) < 4.78 is 50.4. The van der Waals surface area contributed by atoms with E-state index in [9.17, 15) is 40.9 Å². The van der Waals surface area contributed by atoms with Gasteiger partial charge in [0.15, 0.2) is 25.2 Å². The minimum atomic E-state index is -1.70. The number of ether oxygens (including phenoxy) is 9. The van der Waals surface area contributed by atoms with Crippen molar-refractivity contribution < 1.29 is 83.5 Å². The zero-order valence-corrected chi connectivity index (χ0v) is 24.8. The molecule has 4 heterocycles. The molecule has 4 aliphatic rings. The molecule has 0 radical (unpaired) electrons. The Morgan fingerprint density at radius 3 is 1.30 bits per heavy atom. The van der Waals surface area contributed by atoms with E-state index in [0.29, 0.717) is 0 Å². The van der Waals surface area contributed by atoms with Crippen LogP contribution in [-0.4, -0.2) is 178 Å². The first-order valence-corrected chi connectivity index (χ1v) is 14.3. The lowest BCUT2D eigenvalue weighted by Gasteiger charge is -2.49. The number of aliphatic hydroxyl groups excluding tert-OH is 8. The molecule has 252 valence electrons. The summed E-state index contributed by atoms with van der Waals surface area (Å²) in [6.07, 6.45) is -25.7. The second-order valence-corrected chi connectivity index (χ2v) is 11.5. The van der Waals surface area contributed by atoms with Gasteiger partial charge in [-0.1, -0.05) is 0 Å². The maximum Gasteiger partial charge on any atom is 0.187 e. The molecule has 0 amide bonds. The van der Waals surface area contributed by atoms with Crippen molar-refractivity contribution in [1.82, 2.24) is 0 Å². The van der Waals surface area contributed by atoms with Crippen LogP contribution in [-0.2, 0) is 42.6 Å². The van der Waals surface area contributed by atoms with Gasteiger partial charge in [-0.3, -0.25) is 0 Å². The highest BCUT2D eigenvalue weighted by Gasteiger charge is 2.54. The first-order chi connectivity index (χ1) is 20.2. The van der Waals surface area contributed by atoms with Crippen LogP contribution in [0.2, 0.25) is 0 Å². The van der Waals surface area contributed by atoms with Gasteiger partial charge >= 0.3 is 0 Å². The van der Waals surface area contributed by atoms with Gasteiger partial charge in [0.05, 0.1) is 24.4 Å². The van der Waals surface area contributed by atoms with E-state index in [0.717, 1.165) is 0 Å². The van der Waals surface area contributed by atoms with Gasteiger partial charge < -0.3 is 83.5 Å². The molecule has 0 aromatic carbocycles. The Bertz CT molecular complexity index is 871. The predicted molar refractivity (Wildman–Crippen MR) is 138 cm³/mol. The zero-order valence-electron chi connectivity index (χ0n) is 24.8. The van der Waals surface area contributed by atoms with Crippen LogP contribution in [0.3, 0.4) is 0 Å². The smallest absolute Gasteiger partial charge is 0.187 e. The van der Waals surface area contributed by atoms with E-state index in [-0.39, 0.29) is 0 Å². The SMILES string of the molecule is CO[C@@H]1[C@@H](O)[C@H](C)O[C@@H](O[C@H]2[C@@H](O)[C@H](OC)[C@H](O[C@@H]3[C@@H](O)[C@H](C)O[C@@H](O[C@H]4[C@@H](O)[C@@H](O)O[C@@H](C)[C@H]4O)[C@@H]3O)O[C@H]2C)[C@@H]1O. The molecule has 4 saturated heterocycles. The normalized spacial score (nSPS) is 54.8. The molecule has 0 saturated carbocycles. The lowest BCUT2D eigenvalue weighted by molar-refractivity contribution is -0.384. The molecular formula is C26H46O17. The van der Waals surface area contributed by atoms with Gasteiger partial charge in [-0.25, -0.2) is 0 Å². The van der Waals surface area contributed by atoms with E-state index in [1.807, 2.05) is 0 Å². The van der Waals surface area contributed by atoms with Gasteiger partial charge in [-0.2, -0.15) is 0 Å². The molecular weight excluding hydrogens is 584 g/mol. The lowest BCUT2D eigenvalue weighted by atomic mass is 9.96. The summed E-state index contributed by atoms with van der Waals surface area (Å²) in [4.78, 5) is 0. The molecule has 0 aromatic rings. The van der Waals surface area contributed by atoms with Crippen molar-refractivity contribution in [1.29, 1.82) is 0 Å². The zero-order chi connectivity index (χ0) is 31.9. The van der Waals surface area contributed by atoms with Gasteiger partial charge in [0.25, 0.3) is 0 Å². The Kier molecular flexibility index (Phi) is 11.8. The maximum absolute atomic E-state index is 11.2. The fraction of sp³-hybridized carbons (Fsp3) is 1.00. The molecule has 0 aromatic heterocycles. The molecule has 17 nitrogen and oxygen atoms in total. The van der Waals surface area contributed by atoms with Crippen LogP contribution < -0.4 is 0 Å². The highest BCUT2D eigenvalue weighted by molar-refractivity contribution is 4.96. The summed E-state index contributed by atoms with van der Waals surface area (Å²) in [6, 6.07) is 0. The molecule has 0 unspecified atom stereocenters. The molecule has 0 aliphatic carbocycles. The number of methoxy groups -OCH3 is 2. The van der Waals surface area contributed by atoms with Crippen LogP contribution in [0.1, 0.15) is 27.7 Å². The minimum Gasteiger partial charge on any atom is -0.388 e. The van der Waals surface area contributed by atoms with Crippen molar-refractivity contribution in [3.8, 4) is 0 Å². The fourth-order valence-corrected chi connectivity index (χ4v) is 5.84. The van der Waals surface area contributed by atoms with Gasteiger partial charge in [-0.05, 0) is 27.7 Å². The largest absolute Gasteiger partial charge is 0.388 e. The van der Waals surface area contributed by atoms with E-state index in [1.165, 1.54) is 28.1 Å². The van der Waals surface area contributed by atoms with Gasteiger partial charge in [-0.15, -0.1) is 0 Å². The second kappa shape index (κ2) is 14.4. The van der Waals surface area contributed by atoms with Crippen LogP contribution >= 0.6 is 0 Å². The minimum absolute atomic E-state index is 0.756. The van der Waals surface area contributed by atoms with Crippen molar-refractivity contribution >= 4 is 0 Å². The van der Waals surface area contributed by atoms with Crippen molar-refractivity contribution in [2.24, 2.45) is 0 Å². The second-order valence-electron chi connectivity index (χ2n) is 11.5. The summed E-state index contributed by atoms with van der Waals surface area (Å²) in [6.45, 7) is 6.08. The highest BCUT2D eigenvalue weighted by atomic mass is 16.8. The molecule has 4 fully saturated rings. The van der Waals surface area contributed by atoms with Crippen molar-refractivity contribution in [2.75, 3.05) is 14.2 Å². The molecule has 0 spiro atoms. The van der Waals surface area contributed by atoms with Crippen molar-refractivity contribution in [3.63, 3.8) is 0 Å². The molecule has 20 atom stereocenters. The third-order valence-corrected chi connectivity index (χ3v) is 8.53. The predicted octanol–water partition coefficient (Wildman–Crippen LogP) is -4.33. The highest BCUT2D eigenvalue weighted by Crippen LogP contribution is 2.34. The topological polar surface area (TPSA) is 245 Å². The van der Waals surface area contributed by atoms with Crippen LogP contribution in [0, 0.1) is 0 Å². The van der Waals surface area contributed by atoms with Crippen LogP contribution in [0.25, 0.3) is 0 Å². The van der Waals surface area contributed by atoms with Crippen LogP contribution in [0.4, 0.5) is 0 Å². The Labute approximate surface area is 248 Å². The lowest BCUT2D eigenvalue weighted by Crippen LogP contribution is -2.66. The van der Waals surface area contributed by atoms with Gasteiger partial charge in [0, 0.05) is 14.2 Å². The molecule has 4 aliphatic heterocycles. The summed E-state index contributed by atoms with van der Waals surface area (Å²) in [5.41, 5.74) is 0. The van der Waals surface area contributed by atoms with E-state index >= 15 is 0 Å². The molecule has 43 heavy (non-hydrogen) atoms. The average Bonchev–Trinajstić information content (AvgIpc) is 2.95. The van der Waals surface area contributed by atoms with Crippen LogP contribution in [0.15, 0.2) is 0 Å². The third-order valence-electron chi connectivity index (χ3n) is 8.53. The van der Waals surface area contributed by atoms with Gasteiger partial charge in [0.2, 0.25) is 0 Å². The van der Waals surface area contributed by atoms with Crippen LogP contribution in [0.5, 0.6) is 0 Å². The quantitative estimate of drug-likeness (QED) is 0.126. The monoisotopic (exact) mass is 630 g/mol. The first kappa shape index (κ1) is 35.2. The number of rotatable bonds is 8. The molecule has 17 heteroatoms. The summed E-state index contributed by atoms with van der Waals surface area (Å²) in [5.74, 6) is 0. The maximum atomic E-state index is 11.2. The standard InChI is InChI=1S/C26H46O17/c1-7-12(28)20(15(31)23(34)37-7)42-25-17(33)21(13(29)9(3)39-25)43-26-22(36-6)14(30)18(10(4)40-26)41-24-16(32)19(35-5)11(27)8(2)38-24/h7-34H,1-6H3/t7-,8-,9-,10-,11-,12+,13-,14+,15+,16+,17+,18+,19+,20+,21+,22-,23-,24-,25-,26-/m0/s1. The Morgan fingerprint density at radius 2 is 0.767 bits per heavy atom. The van der Waals surface area contributed by atoms with E-state index in [2.05, 4.69) is 0 Å². The first-order valence-electron chi connectivity index (χ1n) is 14.3. The Hall–Kier alpha value is -0.680. The van der Waals surface area contributed by atoms with E-state index < -0.39 is 123 Å². The Balaban J connectivity index is 1.46. The molecule has 0 bridgehead atoms. The van der Waals surface area contributed by atoms with Gasteiger partial charge in [0.1, 0.15) is 73.2 Å². The van der Waals surface area contributed by atoms with Crippen molar-refractivity contribution in [3.05, 3.63) is 0 Å². The summed E-state index contributed by atoms with van der Waals surface area (Å²) >= 11 is 0.